The van der Waals surface area contributed by atoms with Crippen molar-refractivity contribution in [1.82, 2.24) is 4.90 Å². The summed E-state index contributed by atoms with van der Waals surface area (Å²) >= 11 is 0. The van der Waals surface area contributed by atoms with E-state index in [0.29, 0.717) is 5.41 Å². The molecule has 1 aliphatic rings. The Morgan fingerprint density at radius 3 is 2.21 bits per heavy atom. The summed E-state index contributed by atoms with van der Waals surface area (Å²) in [5, 5.41) is 0. The van der Waals surface area contributed by atoms with Gasteiger partial charge in [0.25, 0.3) is 0 Å². The van der Waals surface area contributed by atoms with Gasteiger partial charge in [0.15, 0.2) is 0 Å². The van der Waals surface area contributed by atoms with E-state index in [1.807, 2.05) is 25.7 Å². The molecule has 0 aromatic heterocycles. The van der Waals surface area contributed by atoms with Crippen LogP contribution >= 0.6 is 0 Å². The first-order chi connectivity index (χ1) is 8.82. The number of rotatable bonds is 4. The average molecular weight is 269 g/mol. The number of ether oxygens (including phenoxy) is 1. The summed E-state index contributed by atoms with van der Waals surface area (Å²) in [6.45, 7) is 12.0. The van der Waals surface area contributed by atoms with E-state index in [1.165, 1.54) is 25.7 Å². The van der Waals surface area contributed by atoms with Crippen molar-refractivity contribution >= 4 is 6.09 Å². The van der Waals surface area contributed by atoms with Crippen LogP contribution in [0.1, 0.15) is 73.1 Å². The predicted molar refractivity (Wildman–Crippen MR) is 79.3 cm³/mol. The standard InChI is InChI=1S/C16H31NO2/c1-6-8-9-16(7-2)10-12-17(13-11-16)14(18)19-15(3,4)5/h6-13H2,1-5H3. The molecule has 1 aliphatic heterocycles. The topological polar surface area (TPSA) is 29.5 Å². The molecule has 3 heteroatoms. The highest BCUT2D eigenvalue weighted by atomic mass is 16.6. The van der Waals surface area contributed by atoms with Crippen molar-refractivity contribution in [2.45, 2.75) is 78.7 Å². The van der Waals surface area contributed by atoms with Crippen LogP contribution in [-0.2, 0) is 4.74 Å². The third kappa shape index (κ3) is 5.04. The van der Waals surface area contributed by atoms with E-state index < -0.39 is 5.60 Å². The zero-order valence-corrected chi connectivity index (χ0v) is 13.4. The Morgan fingerprint density at radius 1 is 1.21 bits per heavy atom. The molecule has 1 rings (SSSR count). The normalized spacial score (nSPS) is 19.3. The number of likely N-dealkylation sites (tertiary alicyclic amines) is 1. The molecule has 0 bridgehead atoms. The van der Waals surface area contributed by atoms with Gasteiger partial charge in [0, 0.05) is 13.1 Å². The summed E-state index contributed by atoms with van der Waals surface area (Å²) in [4.78, 5) is 13.9. The van der Waals surface area contributed by atoms with Gasteiger partial charge in [-0.25, -0.2) is 4.79 Å². The van der Waals surface area contributed by atoms with Crippen LogP contribution in [-0.4, -0.2) is 29.7 Å². The van der Waals surface area contributed by atoms with Crippen LogP contribution in [0.25, 0.3) is 0 Å². The van der Waals surface area contributed by atoms with E-state index in [1.54, 1.807) is 0 Å². The summed E-state index contributed by atoms with van der Waals surface area (Å²) in [6, 6.07) is 0. The number of carbonyl (C=O) groups is 1. The van der Waals surface area contributed by atoms with Gasteiger partial charge in [-0.2, -0.15) is 0 Å². The van der Waals surface area contributed by atoms with E-state index in [4.69, 9.17) is 4.74 Å². The lowest BCUT2D eigenvalue weighted by Crippen LogP contribution is -2.45. The highest BCUT2D eigenvalue weighted by molar-refractivity contribution is 5.68. The molecule has 0 aliphatic carbocycles. The van der Waals surface area contributed by atoms with Crippen molar-refractivity contribution < 1.29 is 9.53 Å². The van der Waals surface area contributed by atoms with Gasteiger partial charge in [0.1, 0.15) is 5.60 Å². The fraction of sp³-hybridized carbons (Fsp3) is 0.938. The number of unbranched alkanes of at least 4 members (excludes halogenated alkanes) is 1. The Hall–Kier alpha value is -0.730. The highest BCUT2D eigenvalue weighted by Gasteiger charge is 2.35. The smallest absolute Gasteiger partial charge is 0.410 e. The molecule has 0 saturated carbocycles. The number of carbonyl (C=O) groups excluding carboxylic acids is 1. The Bertz CT molecular complexity index is 286. The molecule has 1 fully saturated rings. The number of hydrogen-bond acceptors (Lipinski definition) is 2. The van der Waals surface area contributed by atoms with Crippen molar-refractivity contribution in [3.05, 3.63) is 0 Å². The van der Waals surface area contributed by atoms with Crippen LogP contribution in [0.4, 0.5) is 4.79 Å². The second-order valence-electron chi connectivity index (χ2n) is 6.92. The lowest BCUT2D eigenvalue weighted by Gasteiger charge is -2.41. The first-order valence-electron chi connectivity index (χ1n) is 7.80. The largest absolute Gasteiger partial charge is 0.444 e. The number of hydrogen-bond donors (Lipinski definition) is 0. The Labute approximate surface area is 118 Å². The third-order valence-electron chi connectivity index (χ3n) is 4.29. The minimum absolute atomic E-state index is 0.146. The lowest BCUT2D eigenvalue weighted by molar-refractivity contribution is 0.00800. The van der Waals surface area contributed by atoms with Gasteiger partial charge >= 0.3 is 6.09 Å². The first kappa shape index (κ1) is 16.3. The van der Waals surface area contributed by atoms with Gasteiger partial charge in [-0.15, -0.1) is 0 Å². The van der Waals surface area contributed by atoms with E-state index in [-0.39, 0.29) is 6.09 Å². The fourth-order valence-electron chi connectivity index (χ4n) is 2.82. The molecule has 0 aromatic rings. The lowest BCUT2D eigenvalue weighted by atomic mass is 9.73. The molecule has 1 amide bonds. The summed E-state index contributed by atoms with van der Waals surface area (Å²) in [5.41, 5.74) is 0.0765. The molecular weight excluding hydrogens is 238 g/mol. The molecule has 0 spiro atoms. The van der Waals surface area contributed by atoms with E-state index >= 15 is 0 Å². The van der Waals surface area contributed by atoms with Gasteiger partial charge in [-0.3, -0.25) is 0 Å². The average Bonchev–Trinajstić information content (AvgIpc) is 2.35. The molecule has 0 radical (unpaired) electrons. The quantitative estimate of drug-likeness (QED) is 0.746. The van der Waals surface area contributed by atoms with Crippen molar-refractivity contribution in [3.63, 3.8) is 0 Å². The highest BCUT2D eigenvalue weighted by Crippen LogP contribution is 2.39. The maximum Gasteiger partial charge on any atom is 0.410 e. The molecule has 1 saturated heterocycles. The zero-order chi connectivity index (χ0) is 14.5. The van der Waals surface area contributed by atoms with Crippen LogP contribution in [0.3, 0.4) is 0 Å². The van der Waals surface area contributed by atoms with Crippen LogP contribution in [0.5, 0.6) is 0 Å². The molecule has 0 aromatic carbocycles. The SMILES string of the molecule is CCCCC1(CC)CCN(C(=O)OC(C)(C)C)CC1. The monoisotopic (exact) mass is 269 g/mol. The molecule has 0 unspecified atom stereocenters. The van der Waals surface area contributed by atoms with Crippen LogP contribution < -0.4 is 0 Å². The molecule has 1 heterocycles. The summed E-state index contributed by atoms with van der Waals surface area (Å²) in [7, 11) is 0. The molecule has 3 nitrogen and oxygen atoms in total. The van der Waals surface area contributed by atoms with Gasteiger partial charge in [0.2, 0.25) is 0 Å². The van der Waals surface area contributed by atoms with Gasteiger partial charge < -0.3 is 9.64 Å². The Balaban J connectivity index is 2.49. The predicted octanol–water partition coefficient (Wildman–Crippen LogP) is 4.60. The summed E-state index contributed by atoms with van der Waals surface area (Å²) < 4.78 is 5.45. The third-order valence-corrected chi connectivity index (χ3v) is 4.29. The Kier molecular flexibility index (Phi) is 5.69. The minimum Gasteiger partial charge on any atom is -0.444 e. The molecule has 0 atom stereocenters. The first-order valence-corrected chi connectivity index (χ1v) is 7.80. The summed E-state index contributed by atoms with van der Waals surface area (Å²) in [6.07, 6.45) is 7.22. The van der Waals surface area contributed by atoms with E-state index in [2.05, 4.69) is 13.8 Å². The maximum atomic E-state index is 12.0. The van der Waals surface area contributed by atoms with Crippen LogP contribution in [0.15, 0.2) is 0 Å². The number of amides is 1. The van der Waals surface area contributed by atoms with Crippen LogP contribution in [0.2, 0.25) is 0 Å². The minimum atomic E-state index is -0.390. The van der Waals surface area contributed by atoms with Crippen molar-refractivity contribution in [3.8, 4) is 0 Å². The molecule has 112 valence electrons. The van der Waals surface area contributed by atoms with E-state index in [0.717, 1.165) is 25.9 Å². The maximum absolute atomic E-state index is 12.0. The Morgan fingerprint density at radius 2 is 1.79 bits per heavy atom. The van der Waals surface area contributed by atoms with Gasteiger partial charge in [-0.05, 0) is 45.4 Å². The van der Waals surface area contributed by atoms with Crippen LogP contribution in [0, 0.1) is 5.41 Å². The number of piperidine rings is 1. The van der Waals surface area contributed by atoms with Gasteiger partial charge in [-0.1, -0.05) is 33.1 Å². The molecule has 19 heavy (non-hydrogen) atoms. The fourth-order valence-corrected chi connectivity index (χ4v) is 2.82. The second kappa shape index (κ2) is 6.62. The zero-order valence-electron chi connectivity index (χ0n) is 13.4. The summed E-state index contributed by atoms with van der Waals surface area (Å²) in [5.74, 6) is 0. The van der Waals surface area contributed by atoms with Gasteiger partial charge in [0.05, 0.1) is 0 Å². The van der Waals surface area contributed by atoms with Crippen molar-refractivity contribution in [2.24, 2.45) is 5.41 Å². The molecule has 0 N–H and O–H groups in total. The van der Waals surface area contributed by atoms with Crippen molar-refractivity contribution in [1.29, 1.82) is 0 Å². The number of nitrogens with zero attached hydrogens (tertiary/aromatic N) is 1. The van der Waals surface area contributed by atoms with Crippen molar-refractivity contribution in [2.75, 3.05) is 13.1 Å². The molecular formula is C16H31NO2. The van der Waals surface area contributed by atoms with E-state index in [9.17, 15) is 4.79 Å². The second-order valence-corrected chi connectivity index (χ2v) is 6.92.